The van der Waals surface area contributed by atoms with Crippen LogP contribution in [-0.4, -0.2) is 28.5 Å². The second-order valence-corrected chi connectivity index (χ2v) is 4.10. The Bertz CT molecular complexity index is 292. The molecule has 1 saturated carbocycles. The van der Waals surface area contributed by atoms with E-state index in [0.29, 0.717) is 19.4 Å². The molecule has 2 atom stereocenters. The van der Waals surface area contributed by atoms with Gasteiger partial charge in [0.2, 0.25) is 0 Å². The van der Waals surface area contributed by atoms with Crippen molar-refractivity contribution in [3.05, 3.63) is 35.9 Å². The Kier molecular flexibility index (Phi) is 3.36. The zero-order chi connectivity index (χ0) is 10.7. The van der Waals surface area contributed by atoms with E-state index in [9.17, 15) is 10.2 Å². The Hall–Kier alpha value is -0.900. The Balaban J connectivity index is 1.88. The second kappa shape index (κ2) is 4.75. The number of aliphatic hydroxyl groups is 2. The fourth-order valence-corrected chi connectivity index (χ4v) is 2.06. The molecule has 1 aliphatic carbocycles. The second-order valence-electron chi connectivity index (χ2n) is 4.10. The van der Waals surface area contributed by atoms with Crippen molar-refractivity contribution < 1.29 is 10.2 Å². The van der Waals surface area contributed by atoms with Crippen molar-refractivity contribution in [1.82, 2.24) is 5.32 Å². The highest BCUT2D eigenvalue weighted by molar-refractivity contribution is 5.14. The molecular formula is C12H17NO2. The Morgan fingerprint density at radius 2 is 1.67 bits per heavy atom. The number of aliphatic hydroxyl groups excluding tert-OH is 2. The predicted molar refractivity (Wildman–Crippen MR) is 58.3 cm³/mol. The predicted octanol–water partition coefficient (Wildman–Crippen LogP) is 0.660. The van der Waals surface area contributed by atoms with Gasteiger partial charge in [0, 0.05) is 6.54 Å². The summed E-state index contributed by atoms with van der Waals surface area (Å²) in [5.74, 6) is 0. The van der Waals surface area contributed by atoms with Crippen molar-refractivity contribution in [3.8, 4) is 0 Å². The summed E-state index contributed by atoms with van der Waals surface area (Å²) in [5, 5.41) is 22.4. The van der Waals surface area contributed by atoms with Gasteiger partial charge in [-0.15, -0.1) is 0 Å². The van der Waals surface area contributed by atoms with Crippen molar-refractivity contribution >= 4 is 0 Å². The largest absolute Gasteiger partial charge is 0.391 e. The summed E-state index contributed by atoms with van der Waals surface area (Å²) in [5.41, 5.74) is 1.17. The molecule has 1 aromatic carbocycles. The lowest BCUT2D eigenvalue weighted by molar-refractivity contribution is 0.0892. The van der Waals surface area contributed by atoms with Gasteiger partial charge in [-0.1, -0.05) is 30.3 Å². The standard InChI is InChI=1S/C12H17NO2/c14-10-6-7-11(15)12(10)13-8-9-4-2-1-3-5-9/h1-5,10-15H,6-8H2/t10-,11-/m1/s1. The van der Waals surface area contributed by atoms with E-state index in [1.807, 2.05) is 30.3 Å². The van der Waals surface area contributed by atoms with Gasteiger partial charge in [-0.25, -0.2) is 0 Å². The number of benzene rings is 1. The normalized spacial score (nSPS) is 27.1. The molecule has 0 radical (unpaired) electrons. The summed E-state index contributed by atoms with van der Waals surface area (Å²) in [4.78, 5) is 0. The minimum absolute atomic E-state index is 0.176. The van der Waals surface area contributed by atoms with E-state index in [0.717, 1.165) is 0 Å². The summed E-state index contributed by atoms with van der Waals surface area (Å²) < 4.78 is 0. The third-order valence-electron chi connectivity index (χ3n) is 2.97. The van der Waals surface area contributed by atoms with E-state index in [4.69, 9.17) is 0 Å². The topological polar surface area (TPSA) is 52.5 Å². The first-order chi connectivity index (χ1) is 7.27. The van der Waals surface area contributed by atoms with Crippen LogP contribution in [0.5, 0.6) is 0 Å². The van der Waals surface area contributed by atoms with Gasteiger partial charge in [0.15, 0.2) is 0 Å². The van der Waals surface area contributed by atoms with E-state index >= 15 is 0 Å². The molecule has 3 nitrogen and oxygen atoms in total. The molecule has 1 aromatic rings. The van der Waals surface area contributed by atoms with Gasteiger partial charge < -0.3 is 15.5 Å². The molecule has 2 rings (SSSR count). The zero-order valence-electron chi connectivity index (χ0n) is 8.63. The molecule has 0 unspecified atom stereocenters. The Labute approximate surface area is 89.8 Å². The SMILES string of the molecule is O[C@@H]1CC[C@@H](O)C1NCc1ccccc1. The molecule has 1 fully saturated rings. The van der Waals surface area contributed by atoms with Crippen molar-refractivity contribution in [2.24, 2.45) is 0 Å². The molecule has 82 valence electrons. The van der Waals surface area contributed by atoms with Crippen molar-refractivity contribution in [2.45, 2.75) is 37.6 Å². The Morgan fingerprint density at radius 3 is 2.27 bits per heavy atom. The van der Waals surface area contributed by atoms with Gasteiger partial charge in [0.1, 0.15) is 0 Å². The number of hydrogen-bond donors (Lipinski definition) is 3. The van der Waals surface area contributed by atoms with Crippen molar-refractivity contribution in [1.29, 1.82) is 0 Å². The highest BCUT2D eigenvalue weighted by atomic mass is 16.3. The van der Waals surface area contributed by atoms with E-state index in [2.05, 4.69) is 5.32 Å². The highest BCUT2D eigenvalue weighted by Crippen LogP contribution is 2.20. The Morgan fingerprint density at radius 1 is 1.07 bits per heavy atom. The minimum Gasteiger partial charge on any atom is -0.391 e. The van der Waals surface area contributed by atoms with Gasteiger partial charge >= 0.3 is 0 Å². The van der Waals surface area contributed by atoms with E-state index < -0.39 is 12.2 Å². The fraction of sp³-hybridized carbons (Fsp3) is 0.500. The van der Waals surface area contributed by atoms with Gasteiger partial charge in [-0.05, 0) is 18.4 Å². The van der Waals surface area contributed by atoms with E-state index in [1.165, 1.54) is 5.56 Å². The van der Waals surface area contributed by atoms with E-state index in [-0.39, 0.29) is 6.04 Å². The van der Waals surface area contributed by atoms with Crippen LogP contribution in [0.3, 0.4) is 0 Å². The molecule has 0 spiro atoms. The van der Waals surface area contributed by atoms with Crippen LogP contribution in [0.4, 0.5) is 0 Å². The maximum absolute atomic E-state index is 9.61. The molecule has 15 heavy (non-hydrogen) atoms. The fourth-order valence-electron chi connectivity index (χ4n) is 2.06. The van der Waals surface area contributed by atoms with Crippen LogP contribution in [0.15, 0.2) is 30.3 Å². The first kappa shape index (κ1) is 10.6. The first-order valence-corrected chi connectivity index (χ1v) is 5.41. The highest BCUT2D eigenvalue weighted by Gasteiger charge is 2.32. The van der Waals surface area contributed by atoms with Gasteiger partial charge in [-0.3, -0.25) is 0 Å². The first-order valence-electron chi connectivity index (χ1n) is 5.41. The van der Waals surface area contributed by atoms with Crippen LogP contribution in [0.2, 0.25) is 0 Å². The van der Waals surface area contributed by atoms with Crippen molar-refractivity contribution in [2.75, 3.05) is 0 Å². The van der Waals surface area contributed by atoms with Gasteiger partial charge in [0.05, 0.1) is 18.2 Å². The number of hydrogen-bond acceptors (Lipinski definition) is 3. The maximum Gasteiger partial charge on any atom is 0.0719 e. The van der Waals surface area contributed by atoms with Crippen LogP contribution < -0.4 is 5.32 Å². The monoisotopic (exact) mass is 207 g/mol. The van der Waals surface area contributed by atoms with Crippen LogP contribution in [-0.2, 0) is 6.54 Å². The van der Waals surface area contributed by atoms with Crippen LogP contribution in [0.1, 0.15) is 18.4 Å². The zero-order valence-corrected chi connectivity index (χ0v) is 8.63. The average Bonchev–Trinajstić information content (AvgIpc) is 2.58. The number of rotatable bonds is 3. The molecule has 0 amide bonds. The third-order valence-corrected chi connectivity index (χ3v) is 2.97. The molecule has 0 aromatic heterocycles. The van der Waals surface area contributed by atoms with Gasteiger partial charge in [0.25, 0.3) is 0 Å². The van der Waals surface area contributed by atoms with Crippen molar-refractivity contribution in [3.63, 3.8) is 0 Å². The summed E-state index contributed by atoms with van der Waals surface area (Å²) in [6.45, 7) is 0.694. The van der Waals surface area contributed by atoms with Crippen LogP contribution in [0.25, 0.3) is 0 Å². The van der Waals surface area contributed by atoms with E-state index in [1.54, 1.807) is 0 Å². The molecule has 3 N–H and O–H groups in total. The lowest BCUT2D eigenvalue weighted by atomic mass is 10.1. The smallest absolute Gasteiger partial charge is 0.0719 e. The number of nitrogens with one attached hydrogen (secondary N) is 1. The van der Waals surface area contributed by atoms with Crippen LogP contribution in [0, 0.1) is 0 Å². The van der Waals surface area contributed by atoms with Gasteiger partial charge in [-0.2, -0.15) is 0 Å². The summed E-state index contributed by atoms with van der Waals surface area (Å²) in [6, 6.07) is 9.83. The molecule has 1 aliphatic rings. The summed E-state index contributed by atoms with van der Waals surface area (Å²) >= 11 is 0. The molecule has 0 aliphatic heterocycles. The third kappa shape index (κ3) is 2.56. The van der Waals surface area contributed by atoms with Crippen LogP contribution >= 0.6 is 0 Å². The maximum atomic E-state index is 9.61. The summed E-state index contributed by atoms with van der Waals surface area (Å²) in [7, 11) is 0. The lowest BCUT2D eigenvalue weighted by Gasteiger charge is -2.19. The quantitative estimate of drug-likeness (QED) is 0.682. The minimum atomic E-state index is -0.413. The average molecular weight is 207 g/mol. The lowest BCUT2D eigenvalue weighted by Crippen LogP contribution is -2.42. The molecule has 0 bridgehead atoms. The molecule has 3 heteroatoms. The molecular weight excluding hydrogens is 190 g/mol. The molecule has 0 saturated heterocycles. The molecule has 0 heterocycles. The summed E-state index contributed by atoms with van der Waals surface area (Å²) in [6.07, 6.45) is 0.550.